The standard InChI is InChI=1S/C65H56BN3/c1-63(2,3)42-24-28-45(29-25-42)68-55-31-27-43(64(4,5)6)36-52(55)66-53-38-51-48-21-11-10-19-46(48)47-20-12-13-22-49(47)59(51)60-50-30-26-44(65(7,8)9)37-56(50)69(62(53)60)58-35-41(34-57(68)61(58)66)39-17-16-18-40(33-39)54-23-14-15-32-67-54/h10-38H,1-9H3. The second-order valence-electron chi connectivity index (χ2n) is 22.8. The molecule has 0 saturated carbocycles. The molecular weight excluding hydrogens is 834 g/mol. The maximum atomic E-state index is 4.79. The van der Waals surface area contributed by atoms with Crippen molar-refractivity contribution in [3.8, 4) is 28.1 Å². The molecule has 3 nitrogen and oxygen atoms in total. The van der Waals surface area contributed by atoms with E-state index in [0.717, 1.165) is 22.5 Å². The molecule has 0 saturated heterocycles. The molecule has 334 valence electrons. The third kappa shape index (κ3) is 6.23. The smallest absolute Gasteiger partial charge is 0.252 e. The van der Waals surface area contributed by atoms with Crippen molar-refractivity contribution in [2.24, 2.45) is 0 Å². The van der Waals surface area contributed by atoms with E-state index < -0.39 is 0 Å². The molecule has 0 N–H and O–H groups in total. The molecule has 0 aliphatic carbocycles. The summed E-state index contributed by atoms with van der Waals surface area (Å²) in [5.74, 6) is 0. The van der Waals surface area contributed by atoms with Crippen LogP contribution in [-0.4, -0.2) is 16.3 Å². The number of hydrogen-bond donors (Lipinski definition) is 0. The van der Waals surface area contributed by atoms with Crippen LogP contribution in [0.25, 0.3) is 82.2 Å². The number of benzene rings is 9. The highest BCUT2D eigenvalue weighted by atomic mass is 15.2. The van der Waals surface area contributed by atoms with Gasteiger partial charge in [-0.1, -0.05) is 178 Å². The van der Waals surface area contributed by atoms with E-state index in [9.17, 15) is 0 Å². The quantitative estimate of drug-likeness (QED) is 0.130. The predicted octanol–water partition coefficient (Wildman–Crippen LogP) is 15.5. The first-order valence-corrected chi connectivity index (χ1v) is 24.7. The fraction of sp³-hybridized carbons (Fsp3) is 0.185. The summed E-state index contributed by atoms with van der Waals surface area (Å²) in [5.41, 5.74) is 19.8. The van der Waals surface area contributed by atoms with E-state index in [2.05, 4.69) is 236 Å². The van der Waals surface area contributed by atoms with Gasteiger partial charge < -0.3 is 9.47 Å². The summed E-state index contributed by atoms with van der Waals surface area (Å²) in [7, 11) is 0. The van der Waals surface area contributed by atoms with Gasteiger partial charge in [0.25, 0.3) is 6.71 Å². The Morgan fingerprint density at radius 3 is 1.71 bits per heavy atom. The average molecular weight is 890 g/mol. The number of nitrogens with zero attached hydrogens (tertiary/aromatic N) is 3. The van der Waals surface area contributed by atoms with E-state index in [1.54, 1.807) is 0 Å². The molecule has 2 aromatic heterocycles. The Morgan fingerprint density at radius 2 is 1.01 bits per heavy atom. The zero-order valence-corrected chi connectivity index (χ0v) is 41.2. The maximum absolute atomic E-state index is 4.79. The Hall–Kier alpha value is -7.43. The monoisotopic (exact) mass is 889 g/mol. The highest BCUT2D eigenvalue weighted by molar-refractivity contribution is 7.00. The summed E-state index contributed by atoms with van der Waals surface area (Å²) in [6.45, 7) is 20.9. The molecule has 2 aliphatic rings. The second kappa shape index (κ2) is 14.5. The summed E-state index contributed by atoms with van der Waals surface area (Å²) < 4.78 is 2.68. The van der Waals surface area contributed by atoms with Gasteiger partial charge in [0.1, 0.15) is 0 Å². The van der Waals surface area contributed by atoms with E-state index in [4.69, 9.17) is 4.98 Å². The first kappa shape index (κ1) is 41.7. The number of anilines is 3. The molecule has 4 heterocycles. The Balaban J connectivity index is 1.24. The van der Waals surface area contributed by atoms with E-state index in [1.807, 2.05) is 12.3 Å². The zero-order valence-electron chi connectivity index (χ0n) is 41.2. The molecular formula is C65H56BN3. The van der Waals surface area contributed by atoms with Crippen LogP contribution in [0.3, 0.4) is 0 Å². The average Bonchev–Trinajstić information content (AvgIpc) is 3.69. The number of hydrogen-bond acceptors (Lipinski definition) is 2. The highest BCUT2D eigenvalue weighted by Gasteiger charge is 2.44. The van der Waals surface area contributed by atoms with Gasteiger partial charge in [-0.2, -0.15) is 0 Å². The summed E-state index contributed by atoms with van der Waals surface area (Å²) in [6, 6.07) is 65.0. The molecule has 0 amide bonds. The predicted molar refractivity (Wildman–Crippen MR) is 297 cm³/mol. The van der Waals surface area contributed by atoms with Crippen molar-refractivity contribution in [1.82, 2.24) is 9.55 Å². The fourth-order valence-electron chi connectivity index (χ4n) is 11.9. The van der Waals surface area contributed by atoms with Crippen LogP contribution in [0.2, 0.25) is 0 Å². The summed E-state index contributed by atoms with van der Waals surface area (Å²) in [4.78, 5) is 7.37. The van der Waals surface area contributed by atoms with Crippen molar-refractivity contribution in [1.29, 1.82) is 0 Å². The van der Waals surface area contributed by atoms with Gasteiger partial charge in [-0.05, 0) is 142 Å². The summed E-state index contributed by atoms with van der Waals surface area (Å²) in [6.07, 6.45) is 1.89. The van der Waals surface area contributed by atoms with Crippen molar-refractivity contribution in [3.05, 3.63) is 193 Å². The SMILES string of the molecule is CC(C)(C)c1ccc(N2c3ccc(C(C)(C)C)cc3B3c4c2cc(-c2cccc(-c5ccccn5)c2)cc4-n2c4cc(C(C)(C)C)ccc4c4c5c6ccccc6c6ccccc6c5cc3c42)cc1. The van der Waals surface area contributed by atoms with E-state index >= 15 is 0 Å². The van der Waals surface area contributed by atoms with E-state index in [-0.39, 0.29) is 23.0 Å². The first-order valence-electron chi connectivity index (χ1n) is 24.7. The topological polar surface area (TPSA) is 21.1 Å². The van der Waals surface area contributed by atoms with Crippen molar-refractivity contribution >= 4 is 94.3 Å². The number of rotatable bonds is 3. The third-order valence-electron chi connectivity index (χ3n) is 15.4. The van der Waals surface area contributed by atoms with Crippen LogP contribution in [0.15, 0.2) is 176 Å². The van der Waals surface area contributed by atoms with Crippen molar-refractivity contribution in [2.75, 3.05) is 4.90 Å². The van der Waals surface area contributed by atoms with Gasteiger partial charge >= 0.3 is 0 Å². The summed E-state index contributed by atoms with van der Waals surface area (Å²) >= 11 is 0. The van der Waals surface area contributed by atoms with Gasteiger partial charge in [-0.3, -0.25) is 4.98 Å². The van der Waals surface area contributed by atoms with E-state index in [0.29, 0.717) is 0 Å². The third-order valence-corrected chi connectivity index (χ3v) is 15.4. The van der Waals surface area contributed by atoms with Crippen LogP contribution in [0.1, 0.15) is 79.0 Å². The Bertz CT molecular complexity index is 3950. The molecule has 4 heteroatoms. The van der Waals surface area contributed by atoms with E-state index in [1.165, 1.54) is 110 Å². The molecule has 9 aromatic carbocycles. The normalized spacial score (nSPS) is 13.5. The van der Waals surface area contributed by atoms with Gasteiger partial charge in [-0.25, -0.2) is 0 Å². The van der Waals surface area contributed by atoms with Gasteiger partial charge in [0.05, 0.1) is 16.7 Å². The summed E-state index contributed by atoms with van der Waals surface area (Å²) in [5, 5.41) is 10.5. The zero-order chi connectivity index (χ0) is 47.3. The van der Waals surface area contributed by atoms with Crippen LogP contribution in [0.4, 0.5) is 17.1 Å². The van der Waals surface area contributed by atoms with Crippen molar-refractivity contribution in [2.45, 2.75) is 78.6 Å². The van der Waals surface area contributed by atoms with Crippen molar-refractivity contribution < 1.29 is 0 Å². The lowest BCUT2D eigenvalue weighted by atomic mass is 9.33. The molecule has 13 rings (SSSR count). The lowest BCUT2D eigenvalue weighted by molar-refractivity contribution is 0.590. The highest BCUT2D eigenvalue weighted by Crippen LogP contribution is 2.48. The maximum Gasteiger partial charge on any atom is 0.252 e. The Labute approximate surface area is 406 Å². The largest absolute Gasteiger partial charge is 0.311 e. The first-order chi connectivity index (χ1) is 33.1. The lowest BCUT2D eigenvalue weighted by Gasteiger charge is -2.41. The Kier molecular flexibility index (Phi) is 8.80. The molecule has 0 spiro atoms. The van der Waals surface area contributed by atoms with Gasteiger partial charge in [0.2, 0.25) is 0 Å². The molecule has 69 heavy (non-hydrogen) atoms. The minimum atomic E-state index is -0.0550. The number of aromatic nitrogens is 2. The molecule has 0 unspecified atom stereocenters. The van der Waals surface area contributed by atoms with Crippen LogP contribution in [-0.2, 0) is 16.2 Å². The molecule has 0 bridgehead atoms. The Morgan fingerprint density at radius 1 is 0.406 bits per heavy atom. The number of pyridine rings is 1. The van der Waals surface area contributed by atoms with Crippen LogP contribution < -0.4 is 21.3 Å². The fourth-order valence-corrected chi connectivity index (χ4v) is 11.9. The molecule has 2 aliphatic heterocycles. The minimum absolute atomic E-state index is 0.0253. The molecule has 11 aromatic rings. The lowest BCUT2D eigenvalue weighted by Crippen LogP contribution is -2.60. The molecule has 0 atom stereocenters. The molecule has 0 radical (unpaired) electrons. The van der Waals surface area contributed by atoms with Crippen LogP contribution in [0, 0.1) is 0 Å². The van der Waals surface area contributed by atoms with Gasteiger partial charge in [-0.15, -0.1) is 0 Å². The number of fused-ring (bicyclic) bond motifs is 14. The molecule has 0 fully saturated rings. The van der Waals surface area contributed by atoms with Gasteiger partial charge in [0, 0.05) is 50.7 Å². The minimum Gasteiger partial charge on any atom is -0.311 e. The van der Waals surface area contributed by atoms with Gasteiger partial charge in [0.15, 0.2) is 0 Å². The van der Waals surface area contributed by atoms with Crippen LogP contribution in [0.5, 0.6) is 0 Å². The van der Waals surface area contributed by atoms with Crippen molar-refractivity contribution in [3.63, 3.8) is 0 Å². The second-order valence-corrected chi connectivity index (χ2v) is 22.8. The van der Waals surface area contributed by atoms with Crippen LogP contribution >= 0.6 is 0 Å².